The average molecular weight is 232 g/mol. The molecule has 0 aliphatic rings. The molecule has 0 heterocycles. The fourth-order valence-corrected chi connectivity index (χ4v) is 1.68. The minimum atomic E-state index is -4.32. The van der Waals surface area contributed by atoms with E-state index in [4.69, 9.17) is 5.73 Å². The lowest BCUT2D eigenvalue weighted by Gasteiger charge is -2.20. The van der Waals surface area contributed by atoms with Crippen LogP contribution in [-0.2, 0) is 6.18 Å². The van der Waals surface area contributed by atoms with Crippen LogP contribution < -0.4 is 11.1 Å². The Morgan fingerprint density at radius 2 is 1.94 bits per heavy atom. The largest absolute Gasteiger partial charge is 0.416 e. The second-order valence-electron chi connectivity index (χ2n) is 3.58. The first kappa shape index (κ1) is 13.0. The van der Waals surface area contributed by atoms with Crippen LogP contribution in [0.25, 0.3) is 0 Å². The van der Waals surface area contributed by atoms with E-state index in [0.29, 0.717) is 6.54 Å². The van der Waals surface area contributed by atoms with Gasteiger partial charge in [0.05, 0.1) is 5.56 Å². The number of benzene rings is 1. The average Bonchev–Trinajstić information content (AvgIpc) is 2.25. The highest BCUT2D eigenvalue weighted by molar-refractivity contribution is 5.33. The van der Waals surface area contributed by atoms with Crippen LogP contribution in [-0.4, -0.2) is 20.1 Å². The van der Waals surface area contributed by atoms with Gasteiger partial charge in [0.15, 0.2) is 0 Å². The van der Waals surface area contributed by atoms with E-state index in [1.165, 1.54) is 12.1 Å². The lowest BCUT2D eigenvalue weighted by Crippen LogP contribution is -2.26. The van der Waals surface area contributed by atoms with Gasteiger partial charge < -0.3 is 11.1 Å². The molecule has 90 valence electrons. The predicted octanol–water partition coefficient (Wildman–Crippen LogP) is 1.97. The summed E-state index contributed by atoms with van der Waals surface area (Å²) in [6.45, 7) is 0.623. The molecule has 1 rings (SSSR count). The molecule has 0 bridgehead atoms. The van der Waals surface area contributed by atoms with Gasteiger partial charge >= 0.3 is 6.18 Å². The van der Waals surface area contributed by atoms with Gasteiger partial charge in [-0.3, -0.25) is 0 Å². The van der Waals surface area contributed by atoms with E-state index in [9.17, 15) is 13.2 Å². The van der Waals surface area contributed by atoms with Gasteiger partial charge in [-0.05, 0) is 18.7 Å². The van der Waals surface area contributed by atoms with Crippen molar-refractivity contribution in [2.24, 2.45) is 5.73 Å². The molecule has 1 unspecified atom stereocenters. The van der Waals surface area contributed by atoms with Crippen LogP contribution in [0.3, 0.4) is 0 Å². The Labute approximate surface area is 92.6 Å². The normalized spacial score (nSPS) is 13.8. The van der Waals surface area contributed by atoms with Gasteiger partial charge in [0, 0.05) is 19.0 Å². The van der Waals surface area contributed by atoms with Crippen molar-refractivity contribution in [3.8, 4) is 0 Å². The quantitative estimate of drug-likeness (QED) is 0.832. The Bertz CT molecular complexity index is 336. The van der Waals surface area contributed by atoms with Crippen LogP contribution in [0.2, 0.25) is 0 Å². The van der Waals surface area contributed by atoms with Gasteiger partial charge in [0.25, 0.3) is 0 Å². The van der Waals surface area contributed by atoms with Crippen LogP contribution in [0, 0.1) is 0 Å². The van der Waals surface area contributed by atoms with Crippen molar-refractivity contribution in [1.82, 2.24) is 5.32 Å². The highest BCUT2D eigenvalue weighted by Crippen LogP contribution is 2.34. The highest BCUT2D eigenvalue weighted by Gasteiger charge is 2.34. The maximum atomic E-state index is 12.7. The fourth-order valence-electron chi connectivity index (χ4n) is 1.68. The smallest absolute Gasteiger partial charge is 0.330 e. The first-order valence-corrected chi connectivity index (χ1v) is 5.01. The van der Waals surface area contributed by atoms with Crippen LogP contribution in [0.4, 0.5) is 13.2 Å². The Morgan fingerprint density at radius 1 is 1.31 bits per heavy atom. The molecule has 1 aromatic rings. The van der Waals surface area contributed by atoms with E-state index >= 15 is 0 Å². The minimum absolute atomic E-state index is 0.188. The zero-order valence-corrected chi connectivity index (χ0v) is 9.01. The summed E-state index contributed by atoms with van der Waals surface area (Å²) in [6.07, 6.45) is -4.32. The number of hydrogen-bond acceptors (Lipinski definition) is 2. The maximum Gasteiger partial charge on any atom is 0.416 e. The third-order valence-corrected chi connectivity index (χ3v) is 2.44. The lowest BCUT2D eigenvalue weighted by molar-refractivity contribution is -0.138. The van der Waals surface area contributed by atoms with Crippen molar-refractivity contribution in [2.45, 2.75) is 12.1 Å². The molecule has 0 saturated carbocycles. The molecule has 0 aliphatic heterocycles. The highest BCUT2D eigenvalue weighted by atomic mass is 19.4. The zero-order chi connectivity index (χ0) is 12.2. The topological polar surface area (TPSA) is 38.0 Å². The van der Waals surface area contributed by atoms with Crippen LogP contribution in [0.1, 0.15) is 17.0 Å². The van der Waals surface area contributed by atoms with Gasteiger partial charge in [0.1, 0.15) is 0 Å². The Morgan fingerprint density at radius 3 is 2.44 bits per heavy atom. The Kier molecular flexibility index (Phi) is 4.32. The van der Waals surface area contributed by atoms with Crippen molar-refractivity contribution < 1.29 is 13.2 Å². The summed E-state index contributed by atoms with van der Waals surface area (Å²) in [4.78, 5) is 0. The number of rotatable bonds is 4. The number of likely N-dealkylation sites (N-methyl/N-ethyl adjacent to an activating group) is 1. The summed E-state index contributed by atoms with van der Waals surface area (Å²) in [6, 6.07) is 5.56. The second kappa shape index (κ2) is 5.32. The molecule has 1 atom stereocenters. The van der Waals surface area contributed by atoms with E-state index in [-0.39, 0.29) is 18.0 Å². The molecule has 1 aromatic carbocycles. The Balaban J connectivity index is 3.11. The van der Waals surface area contributed by atoms with Crippen molar-refractivity contribution in [3.05, 3.63) is 35.4 Å². The molecular weight excluding hydrogens is 217 g/mol. The molecule has 0 aromatic heterocycles. The maximum absolute atomic E-state index is 12.7. The third kappa shape index (κ3) is 2.96. The molecule has 0 aliphatic carbocycles. The first-order chi connectivity index (χ1) is 7.50. The van der Waals surface area contributed by atoms with Crippen molar-refractivity contribution >= 4 is 0 Å². The molecule has 0 radical (unpaired) electrons. The van der Waals surface area contributed by atoms with Gasteiger partial charge in [-0.25, -0.2) is 0 Å². The molecule has 2 nitrogen and oxygen atoms in total. The van der Waals surface area contributed by atoms with E-state index in [2.05, 4.69) is 5.32 Å². The van der Waals surface area contributed by atoms with E-state index in [0.717, 1.165) is 6.07 Å². The summed E-state index contributed by atoms with van der Waals surface area (Å²) < 4.78 is 38.2. The standard InChI is InChI=1S/C11H15F3N2/c1-16-7-8(6-15)9-4-2-3-5-10(9)11(12,13)14/h2-5,8,16H,6-7,15H2,1H3. The van der Waals surface area contributed by atoms with Crippen LogP contribution in [0.5, 0.6) is 0 Å². The molecule has 0 spiro atoms. The molecule has 0 amide bonds. The lowest BCUT2D eigenvalue weighted by atomic mass is 9.94. The minimum Gasteiger partial charge on any atom is -0.330 e. The summed E-state index contributed by atoms with van der Waals surface area (Å²) in [5.74, 6) is -0.317. The fraction of sp³-hybridized carbons (Fsp3) is 0.455. The molecule has 16 heavy (non-hydrogen) atoms. The first-order valence-electron chi connectivity index (χ1n) is 5.01. The van der Waals surface area contributed by atoms with Gasteiger partial charge in [0.2, 0.25) is 0 Å². The summed E-state index contributed by atoms with van der Waals surface area (Å²) in [5, 5.41) is 2.85. The van der Waals surface area contributed by atoms with Crippen LogP contribution in [0.15, 0.2) is 24.3 Å². The number of hydrogen-bond donors (Lipinski definition) is 2. The van der Waals surface area contributed by atoms with Crippen molar-refractivity contribution in [2.75, 3.05) is 20.1 Å². The summed E-state index contributed by atoms with van der Waals surface area (Å²) >= 11 is 0. The number of nitrogens with two attached hydrogens (primary N) is 1. The van der Waals surface area contributed by atoms with Crippen molar-refractivity contribution in [3.63, 3.8) is 0 Å². The number of nitrogens with one attached hydrogen (secondary N) is 1. The van der Waals surface area contributed by atoms with Crippen molar-refractivity contribution in [1.29, 1.82) is 0 Å². The number of alkyl halides is 3. The summed E-state index contributed by atoms with van der Waals surface area (Å²) in [5.41, 5.74) is 5.16. The third-order valence-electron chi connectivity index (χ3n) is 2.44. The predicted molar refractivity (Wildman–Crippen MR) is 57.2 cm³/mol. The molecule has 5 heteroatoms. The van der Waals surface area contributed by atoms with Crippen LogP contribution >= 0.6 is 0 Å². The van der Waals surface area contributed by atoms with Gasteiger partial charge in [-0.15, -0.1) is 0 Å². The number of halogens is 3. The molecule has 0 saturated heterocycles. The monoisotopic (exact) mass is 232 g/mol. The van der Waals surface area contributed by atoms with Gasteiger partial charge in [-0.2, -0.15) is 13.2 Å². The molecule has 3 N–H and O–H groups in total. The Hall–Kier alpha value is -1.07. The second-order valence-corrected chi connectivity index (χ2v) is 3.58. The SMILES string of the molecule is CNCC(CN)c1ccccc1C(F)(F)F. The molecular formula is C11H15F3N2. The zero-order valence-electron chi connectivity index (χ0n) is 9.01. The van der Waals surface area contributed by atoms with E-state index < -0.39 is 11.7 Å². The summed E-state index contributed by atoms with van der Waals surface area (Å²) in [7, 11) is 1.69. The van der Waals surface area contributed by atoms with Gasteiger partial charge in [-0.1, -0.05) is 18.2 Å². The van der Waals surface area contributed by atoms with E-state index in [1.54, 1.807) is 13.1 Å². The van der Waals surface area contributed by atoms with E-state index in [1.807, 2.05) is 0 Å². The molecule has 0 fully saturated rings.